The van der Waals surface area contributed by atoms with Crippen LogP contribution < -0.4 is 15.4 Å². The van der Waals surface area contributed by atoms with Gasteiger partial charge in [0.15, 0.2) is 11.8 Å². The van der Waals surface area contributed by atoms with Crippen LogP contribution in [0.25, 0.3) is 0 Å². The maximum atomic E-state index is 11.9. The Hall–Kier alpha value is -2.54. The van der Waals surface area contributed by atoms with E-state index in [1.54, 1.807) is 38.1 Å². The number of hydrogen-bond donors (Lipinski definition) is 2. The zero-order chi connectivity index (χ0) is 17.5. The number of aromatic nitrogens is 1. The van der Waals surface area contributed by atoms with Gasteiger partial charge in [0.05, 0.1) is 0 Å². The van der Waals surface area contributed by atoms with Gasteiger partial charge in [0.1, 0.15) is 11.5 Å². The molecule has 8 heteroatoms. The summed E-state index contributed by atoms with van der Waals surface area (Å²) in [6.45, 7) is 3.88. The molecule has 2 aromatic rings. The standard InChI is InChI=1S/C16H18ClN3O4/c1-10-9-14(20-24-10)16(22)19-8-7-18-15(21)11(2)23-13-5-3-12(17)4-6-13/h3-6,9,11H,7-8H2,1-2H3,(H,18,21)(H,19,22). The first-order chi connectivity index (χ1) is 11.5. The van der Waals surface area contributed by atoms with Gasteiger partial charge >= 0.3 is 0 Å². The number of aryl methyl sites for hydroxylation is 1. The van der Waals surface area contributed by atoms with Crippen molar-refractivity contribution in [1.29, 1.82) is 0 Å². The van der Waals surface area contributed by atoms with E-state index in [-0.39, 0.29) is 30.6 Å². The van der Waals surface area contributed by atoms with E-state index in [1.807, 2.05) is 0 Å². The molecule has 0 aliphatic rings. The fourth-order valence-corrected chi connectivity index (χ4v) is 1.97. The number of rotatable bonds is 7. The van der Waals surface area contributed by atoms with E-state index in [9.17, 15) is 9.59 Å². The molecular weight excluding hydrogens is 334 g/mol. The van der Waals surface area contributed by atoms with Crippen molar-refractivity contribution in [3.63, 3.8) is 0 Å². The molecule has 7 nitrogen and oxygen atoms in total. The van der Waals surface area contributed by atoms with Gasteiger partial charge in [0.2, 0.25) is 0 Å². The zero-order valence-corrected chi connectivity index (χ0v) is 14.1. The van der Waals surface area contributed by atoms with Crippen LogP contribution in [0, 0.1) is 6.92 Å². The van der Waals surface area contributed by atoms with Crippen molar-refractivity contribution in [2.24, 2.45) is 0 Å². The summed E-state index contributed by atoms with van der Waals surface area (Å²) in [5.41, 5.74) is 0.207. The van der Waals surface area contributed by atoms with E-state index in [1.165, 1.54) is 6.07 Å². The van der Waals surface area contributed by atoms with E-state index < -0.39 is 6.10 Å². The van der Waals surface area contributed by atoms with Crippen molar-refractivity contribution in [1.82, 2.24) is 15.8 Å². The summed E-state index contributed by atoms with van der Waals surface area (Å²) in [5.74, 6) is 0.474. The summed E-state index contributed by atoms with van der Waals surface area (Å²) in [6, 6.07) is 8.28. The third kappa shape index (κ3) is 5.27. The SMILES string of the molecule is Cc1cc(C(=O)NCCNC(=O)C(C)Oc2ccc(Cl)cc2)no1. The highest BCUT2D eigenvalue weighted by atomic mass is 35.5. The van der Waals surface area contributed by atoms with Crippen LogP contribution in [0.3, 0.4) is 0 Å². The molecule has 24 heavy (non-hydrogen) atoms. The van der Waals surface area contributed by atoms with Crippen molar-refractivity contribution in [3.8, 4) is 5.75 Å². The van der Waals surface area contributed by atoms with E-state index in [0.29, 0.717) is 16.5 Å². The van der Waals surface area contributed by atoms with Crippen molar-refractivity contribution < 1.29 is 18.8 Å². The first-order valence-corrected chi connectivity index (χ1v) is 7.75. The minimum absolute atomic E-state index is 0.207. The average Bonchev–Trinajstić information content (AvgIpc) is 3.00. The van der Waals surface area contributed by atoms with Crippen molar-refractivity contribution in [3.05, 3.63) is 46.8 Å². The fourth-order valence-electron chi connectivity index (χ4n) is 1.84. The van der Waals surface area contributed by atoms with E-state index in [4.69, 9.17) is 20.9 Å². The summed E-state index contributed by atoms with van der Waals surface area (Å²) in [7, 11) is 0. The Morgan fingerprint density at radius 2 is 1.92 bits per heavy atom. The third-order valence-corrected chi connectivity index (χ3v) is 3.32. The van der Waals surface area contributed by atoms with Gasteiger partial charge in [-0.1, -0.05) is 16.8 Å². The number of nitrogens with one attached hydrogen (secondary N) is 2. The Kier molecular flexibility index (Phi) is 6.20. The molecule has 1 aromatic heterocycles. The molecule has 0 bridgehead atoms. The second-order valence-corrected chi connectivity index (χ2v) is 5.52. The maximum Gasteiger partial charge on any atom is 0.273 e. The molecule has 0 aliphatic heterocycles. The molecular formula is C16H18ClN3O4. The van der Waals surface area contributed by atoms with Crippen LogP contribution in [0.15, 0.2) is 34.9 Å². The lowest BCUT2D eigenvalue weighted by atomic mass is 10.3. The highest BCUT2D eigenvalue weighted by Crippen LogP contribution is 2.16. The summed E-state index contributed by atoms with van der Waals surface area (Å²) in [6.07, 6.45) is -0.667. The normalized spacial score (nSPS) is 11.6. The average molecular weight is 352 g/mol. The van der Waals surface area contributed by atoms with E-state index in [0.717, 1.165) is 0 Å². The number of carbonyl (C=O) groups excluding carboxylic acids is 2. The molecule has 0 aliphatic carbocycles. The molecule has 1 heterocycles. The molecule has 0 saturated heterocycles. The van der Waals surface area contributed by atoms with Crippen LogP contribution in [-0.4, -0.2) is 36.2 Å². The third-order valence-electron chi connectivity index (χ3n) is 3.07. The first-order valence-electron chi connectivity index (χ1n) is 7.37. The van der Waals surface area contributed by atoms with Crippen molar-refractivity contribution in [2.75, 3.05) is 13.1 Å². The maximum absolute atomic E-state index is 11.9. The molecule has 1 unspecified atom stereocenters. The largest absolute Gasteiger partial charge is 0.481 e. The molecule has 128 valence electrons. The van der Waals surface area contributed by atoms with Gasteiger partial charge in [0.25, 0.3) is 11.8 Å². The van der Waals surface area contributed by atoms with Gasteiger partial charge < -0.3 is 19.9 Å². The molecule has 0 spiro atoms. The molecule has 0 saturated carbocycles. The van der Waals surface area contributed by atoms with Gasteiger partial charge in [-0.2, -0.15) is 0 Å². The zero-order valence-electron chi connectivity index (χ0n) is 13.3. The minimum Gasteiger partial charge on any atom is -0.481 e. The van der Waals surface area contributed by atoms with Gasteiger partial charge in [-0.3, -0.25) is 9.59 Å². The summed E-state index contributed by atoms with van der Waals surface area (Å²) in [5, 5.41) is 9.51. The number of halogens is 1. The predicted octanol–water partition coefficient (Wildman–Crippen LogP) is 1.95. The number of nitrogens with zero attached hydrogens (tertiary/aromatic N) is 1. The predicted molar refractivity (Wildman–Crippen MR) is 88.1 cm³/mol. The molecule has 0 radical (unpaired) electrons. The highest BCUT2D eigenvalue weighted by Gasteiger charge is 2.14. The Labute approximate surface area is 144 Å². The molecule has 2 N–H and O–H groups in total. The van der Waals surface area contributed by atoms with Crippen LogP contribution in [0.4, 0.5) is 0 Å². The number of amides is 2. The van der Waals surface area contributed by atoms with Gasteiger partial charge in [0, 0.05) is 24.2 Å². The Balaban J connectivity index is 1.68. The van der Waals surface area contributed by atoms with Gasteiger partial charge in [-0.25, -0.2) is 0 Å². The second kappa shape index (κ2) is 8.35. The number of ether oxygens (including phenoxy) is 1. The minimum atomic E-state index is -0.667. The summed E-state index contributed by atoms with van der Waals surface area (Å²) >= 11 is 5.79. The number of hydrogen-bond acceptors (Lipinski definition) is 5. The second-order valence-electron chi connectivity index (χ2n) is 5.08. The van der Waals surface area contributed by atoms with Crippen LogP contribution in [-0.2, 0) is 4.79 Å². The Morgan fingerprint density at radius 1 is 1.25 bits per heavy atom. The van der Waals surface area contributed by atoms with E-state index >= 15 is 0 Å². The molecule has 1 aromatic carbocycles. The number of benzene rings is 1. The number of carbonyl (C=O) groups is 2. The summed E-state index contributed by atoms with van der Waals surface area (Å²) < 4.78 is 10.3. The fraction of sp³-hybridized carbons (Fsp3) is 0.312. The smallest absolute Gasteiger partial charge is 0.273 e. The van der Waals surface area contributed by atoms with Gasteiger partial charge in [-0.15, -0.1) is 0 Å². The monoisotopic (exact) mass is 351 g/mol. The van der Waals surface area contributed by atoms with Crippen LogP contribution in [0.1, 0.15) is 23.2 Å². The molecule has 0 fully saturated rings. The van der Waals surface area contributed by atoms with E-state index in [2.05, 4.69) is 15.8 Å². The topological polar surface area (TPSA) is 93.5 Å². The quantitative estimate of drug-likeness (QED) is 0.744. The Morgan fingerprint density at radius 3 is 2.54 bits per heavy atom. The van der Waals surface area contributed by atoms with Crippen molar-refractivity contribution in [2.45, 2.75) is 20.0 Å². The lowest BCUT2D eigenvalue weighted by Crippen LogP contribution is -2.40. The van der Waals surface area contributed by atoms with Crippen molar-refractivity contribution >= 4 is 23.4 Å². The Bertz CT molecular complexity index is 700. The van der Waals surface area contributed by atoms with Crippen LogP contribution in [0.2, 0.25) is 5.02 Å². The summed E-state index contributed by atoms with van der Waals surface area (Å²) in [4.78, 5) is 23.7. The lowest BCUT2D eigenvalue weighted by Gasteiger charge is -2.14. The van der Waals surface area contributed by atoms with Gasteiger partial charge in [-0.05, 0) is 38.1 Å². The molecule has 2 amide bonds. The molecule has 2 rings (SSSR count). The molecule has 1 atom stereocenters. The highest BCUT2D eigenvalue weighted by molar-refractivity contribution is 6.30. The first kappa shape index (κ1) is 17.8. The van der Waals surface area contributed by atoms with Crippen LogP contribution in [0.5, 0.6) is 5.75 Å². The lowest BCUT2D eigenvalue weighted by molar-refractivity contribution is -0.127. The van der Waals surface area contributed by atoms with Crippen LogP contribution >= 0.6 is 11.6 Å².